The average molecular weight is 339 g/mol. The van der Waals surface area contributed by atoms with E-state index in [0.717, 1.165) is 25.6 Å². The van der Waals surface area contributed by atoms with E-state index in [1.54, 1.807) is 0 Å². The summed E-state index contributed by atoms with van der Waals surface area (Å²) in [4.78, 5) is 2.66. The van der Waals surface area contributed by atoms with Crippen LogP contribution in [-0.2, 0) is 6.54 Å². The summed E-state index contributed by atoms with van der Waals surface area (Å²) in [7, 11) is 0. The third-order valence-corrected chi connectivity index (χ3v) is 4.93. The molecule has 1 fully saturated rings. The molecule has 0 aliphatic carbocycles. The van der Waals surface area contributed by atoms with Crippen LogP contribution in [0.25, 0.3) is 0 Å². The molecule has 0 aromatic heterocycles. The molecular formula is C17H27BrN2. The number of benzene rings is 1. The van der Waals surface area contributed by atoms with Crippen molar-refractivity contribution in [3.05, 3.63) is 34.3 Å². The first-order chi connectivity index (χ1) is 9.41. The molecule has 1 aliphatic rings. The molecular weight excluding hydrogens is 312 g/mol. The molecule has 2 atom stereocenters. The molecule has 0 saturated carbocycles. The minimum atomic E-state index is 0.204. The Morgan fingerprint density at radius 3 is 2.85 bits per heavy atom. The Hall–Kier alpha value is -0.380. The van der Waals surface area contributed by atoms with Gasteiger partial charge in [-0.3, -0.25) is 4.90 Å². The standard InChI is InChI=1S/C17H27BrN2/c1-5-13(2)16-10-19-17(3,4)12-20(16)11-14-7-6-8-15(18)9-14/h6-9,13,16,19H,5,10-12H2,1-4H3. The molecule has 1 saturated heterocycles. The molecule has 3 heteroatoms. The molecule has 0 amide bonds. The molecule has 112 valence electrons. The van der Waals surface area contributed by atoms with Gasteiger partial charge in [-0.25, -0.2) is 0 Å². The Morgan fingerprint density at radius 1 is 1.45 bits per heavy atom. The van der Waals surface area contributed by atoms with Gasteiger partial charge >= 0.3 is 0 Å². The summed E-state index contributed by atoms with van der Waals surface area (Å²) >= 11 is 3.58. The molecule has 0 spiro atoms. The highest BCUT2D eigenvalue weighted by atomic mass is 79.9. The van der Waals surface area contributed by atoms with E-state index in [4.69, 9.17) is 0 Å². The van der Waals surface area contributed by atoms with Gasteiger partial charge in [0.2, 0.25) is 0 Å². The van der Waals surface area contributed by atoms with Crippen LogP contribution in [0.15, 0.2) is 28.7 Å². The summed E-state index contributed by atoms with van der Waals surface area (Å²) in [6.07, 6.45) is 1.24. The number of nitrogens with one attached hydrogen (secondary N) is 1. The van der Waals surface area contributed by atoms with Crippen molar-refractivity contribution in [1.29, 1.82) is 0 Å². The van der Waals surface area contributed by atoms with Crippen LogP contribution in [0, 0.1) is 5.92 Å². The van der Waals surface area contributed by atoms with Crippen molar-refractivity contribution in [2.24, 2.45) is 5.92 Å². The second-order valence-electron chi connectivity index (χ2n) is 6.75. The van der Waals surface area contributed by atoms with Gasteiger partial charge in [-0.1, -0.05) is 48.3 Å². The molecule has 1 heterocycles. The number of rotatable bonds is 4. The number of halogens is 1. The molecule has 1 aliphatic heterocycles. The summed E-state index contributed by atoms with van der Waals surface area (Å²) in [5.74, 6) is 0.728. The Bertz CT molecular complexity index is 444. The van der Waals surface area contributed by atoms with Gasteiger partial charge < -0.3 is 5.32 Å². The summed E-state index contributed by atoms with van der Waals surface area (Å²) in [6, 6.07) is 9.32. The lowest BCUT2D eigenvalue weighted by Gasteiger charge is -2.47. The maximum atomic E-state index is 3.70. The third kappa shape index (κ3) is 4.06. The SMILES string of the molecule is CCC(C)C1CNC(C)(C)CN1Cc1cccc(Br)c1. The summed E-state index contributed by atoms with van der Waals surface area (Å²) in [6.45, 7) is 12.5. The van der Waals surface area contributed by atoms with Crippen molar-refractivity contribution in [2.75, 3.05) is 13.1 Å². The first-order valence-electron chi connectivity index (χ1n) is 7.65. The Labute approximate surface area is 132 Å². The van der Waals surface area contributed by atoms with Gasteiger partial charge in [-0.05, 0) is 37.5 Å². The summed E-state index contributed by atoms with van der Waals surface area (Å²) in [5, 5.41) is 3.70. The fourth-order valence-corrected chi connectivity index (χ4v) is 3.51. The van der Waals surface area contributed by atoms with Gasteiger partial charge in [0, 0.05) is 35.7 Å². The molecule has 2 unspecified atom stereocenters. The Morgan fingerprint density at radius 2 is 2.20 bits per heavy atom. The van der Waals surface area contributed by atoms with Crippen LogP contribution in [0.5, 0.6) is 0 Å². The van der Waals surface area contributed by atoms with E-state index in [0.29, 0.717) is 6.04 Å². The molecule has 0 bridgehead atoms. The molecule has 20 heavy (non-hydrogen) atoms. The third-order valence-electron chi connectivity index (χ3n) is 4.43. The van der Waals surface area contributed by atoms with Gasteiger partial charge in [-0.15, -0.1) is 0 Å². The van der Waals surface area contributed by atoms with Crippen molar-refractivity contribution in [2.45, 2.75) is 52.2 Å². The van der Waals surface area contributed by atoms with Crippen LogP contribution in [-0.4, -0.2) is 29.6 Å². The smallest absolute Gasteiger partial charge is 0.0253 e. The zero-order chi connectivity index (χ0) is 14.8. The number of hydrogen-bond donors (Lipinski definition) is 1. The lowest BCUT2D eigenvalue weighted by molar-refractivity contribution is 0.0571. The monoisotopic (exact) mass is 338 g/mol. The zero-order valence-corrected chi connectivity index (χ0v) is 14.7. The highest BCUT2D eigenvalue weighted by Gasteiger charge is 2.34. The maximum absolute atomic E-state index is 3.70. The van der Waals surface area contributed by atoms with Gasteiger partial charge in [0.15, 0.2) is 0 Å². The van der Waals surface area contributed by atoms with Crippen molar-refractivity contribution >= 4 is 15.9 Å². The average Bonchev–Trinajstić information content (AvgIpc) is 2.37. The molecule has 2 rings (SSSR count). The van der Waals surface area contributed by atoms with E-state index < -0.39 is 0 Å². The van der Waals surface area contributed by atoms with E-state index in [-0.39, 0.29) is 5.54 Å². The fourth-order valence-electron chi connectivity index (χ4n) is 3.07. The number of nitrogens with zero attached hydrogens (tertiary/aromatic N) is 1. The van der Waals surface area contributed by atoms with Crippen LogP contribution in [0.3, 0.4) is 0 Å². The predicted octanol–water partition coefficient (Wildman–Crippen LogP) is 4.05. The molecule has 1 aromatic carbocycles. The van der Waals surface area contributed by atoms with Gasteiger partial charge in [-0.2, -0.15) is 0 Å². The topological polar surface area (TPSA) is 15.3 Å². The fraction of sp³-hybridized carbons (Fsp3) is 0.647. The minimum Gasteiger partial charge on any atom is -0.309 e. The zero-order valence-electron chi connectivity index (χ0n) is 13.1. The highest BCUT2D eigenvalue weighted by Crippen LogP contribution is 2.24. The van der Waals surface area contributed by atoms with Crippen LogP contribution in [0.4, 0.5) is 0 Å². The highest BCUT2D eigenvalue weighted by molar-refractivity contribution is 9.10. The van der Waals surface area contributed by atoms with E-state index in [2.05, 4.69) is 78.1 Å². The van der Waals surface area contributed by atoms with Gasteiger partial charge in [0.25, 0.3) is 0 Å². The van der Waals surface area contributed by atoms with Gasteiger partial charge in [0.05, 0.1) is 0 Å². The number of piperazine rings is 1. The quantitative estimate of drug-likeness (QED) is 0.890. The maximum Gasteiger partial charge on any atom is 0.0253 e. The van der Waals surface area contributed by atoms with Crippen molar-refractivity contribution < 1.29 is 0 Å². The lowest BCUT2D eigenvalue weighted by atomic mass is 9.90. The normalized spacial score (nSPS) is 24.6. The van der Waals surface area contributed by atoms with Crippen LogP contribution < -0.4 is 5.32 Å². The largest absolute Gasteiger partial charge is 0.309 e. The Kier molecular flexibility index (Phi) is 5.27. The van der Waals surface area contributed by atoms with Crippen molar-refractivity contribution in [3.63, 3.8) is 0 Å². The van der Waals surface area contributed by atoms with Crippen molar-refractivity contribution in [1.82, 2.24) is 10.2 Å². The lowest BCUT2D eigenvalue weighted by Crippen LogP contribution is -2.62. The van der Waals surface area contributed by atoms with Crippen molar-refractivity contribution in [3.8, 4) is 0 Å². The van der Waals surface area contributed by atoms with Crippen LogP contribution in [0.2, 0.25) is 0 Å². The van der Waals surface area contributed by atoms with Gasteiger partial charge in [0.1, 0.15) is 0 Å². The molecule has 1 N–H and O–H groups in total. The summed E-state index contributed by atoms with van der Waals surface area (Å²) < 4.78 is 1.17. The summed E-state index contributed by atoms with van der Waals surface area (Å²) in [5.41, 5.74) is 1.60. The van der Waals surface area contributed by atoms with E-state index in [1.807, 2.05) is 0 Å². The Balaban J connectivity index is 2.14. The van der Waals surface area contributed by atoms with Crippen LogP contribution >= 0.6 is 15.9 Å². The first-order valence-corrected chi connectivity index (χ1v) is 8.44. The minimum absolute atomic E-state index is 0.204. The molecule has 1 aromatic rings. The second kappa shape index (κ2) is 6.59. The number of hydrogen-bond acceptors (Lipinski definition) is 2. The van der Waals surface area contributed by atoms with E-state index in [9.17, 15) is 0 Å². The van der Waals surface area contributed by atoms with E-state index in [1.165, 1.54) is 16.5 Å². The second-order valence-corrected chi connectivity index (χ2v) is 7.67. The van der Waals surface area contributed by atoms with Crippen LogP contribution in [0.1, 0.15) is 39.7 Å². The molecule has 2 nitrogen and oxygen atoms in total. The predicted molar refractivity (Wildman–Crippen MR) is 89.9 cm³/mol. The molecule has 0 radical (unpaired) electrons. The van der Waals surface area contributed by atoms with E-state index >= 15 is 0 Å². The first kappa shape index (κ1) is 16.0.